The number of aromatic nitrogens is 3. The van der Waals surface area contributed by atoms with Crippen LogP contribution in [0.3, 0.4) is 0 Å². The van der Waals surface area contributed by atoms with Gasteiger partial charge in [0.05, 0.1) is 17.2 Å². The average Bonchev–Trinajstić information content (AvgIpc) is 2.81. The number of carboxylic acids is 1. The zero-order valence-electron chi connectivity index (χ0n) is 10.5. The van der Waals surface area contributed by atoms with E-state index in [1.54, 1.807) is 24.0 Å². The van der Waals surface area contributed by atoms with Crippen LogP contribution in [0.2, 0.25) is 0 Å². The minimum atomic E-state index is -1.29. The van der Waals surface area contributed by atoms with Crippen LogP contribution < -0.4 is 5.32 Å². The van der Waals surface area contributed by atoms with Crippen molar-refractivity contribution in [3.8, 4) is 0 Å². The summed E-state index contributed by atoms with van der Waals surface area (Å²) >= 11 is 0. The number of aromatic carboxylic acids is 1. The van der Waals surface area contributed by atoms with Crippen molar-refractivity contribution in [1.29, 1.82) is 0 Å². The van der Waals surface area contributed by atoms with Gasteiger partial charge in [-0.05, 0) is 6.07 Å². The maximum Gasteiger partial charge on any atom is 0.339 e. The predicted molar refractivity (Wildman–Crippen MR) is 68.4 cm³/mol. The van der Waals surface area contributed by atoms with Gasteiger partial charge in [-0.3, -0.25) is 14.8 Å². The maximum atomic E-state index is 11.1. The van der Waals surface area contributed by atoms with Gasteiger partial charge in [-0.2, -0.15) is 5.10 Å². The number of nitrogens with one attached hydrogen (secondary N) is 1. The van der Waals surface area contributed by atoms with Gasteiger partial charge in [0.1, 0.15) is 17.6 Å². The second-order valence-corrected chi connectivity index (χ2v) is 3.99. The van der Waals surface area contributed by atoms with E-state index in [9.17, 15) is 14.9 Å². The van der Waals surface area contributed by atoms with Gasteiger partial charge in [0.25, 0.3) is 5.69 Å². The van der Waals surface area contributed by atoms with E-state index in [1.165, 1.54) is 0 Å². The number of hydrogen-bond donors (Lipinski definition) is 2. The molecule has 0 unspecified atom stereocenters. The SMILES string of the molecule is Cn1ccc(CNc2ncc([N+](=O)[O-])cc2C(=O)O)n1. The lowest BCUT2D eigenvalue weighted by Gasteiger charge is -2.06. The third kappa shape index (κ3) is 2.88. The molecule has 0 saturated carbocycles. The molecule has 0 aliphatic heterocycles. The van der Waals surface area contributed by atoms with Crippen LogP contribution >= 0.6 is 0 Å². The Bertz CT molecular complexity index is 667. The molecule has 0 fully saturated rings. The standard InChI is InChI=1S/C11H11N5O4/c1-15-3-2-7(14-15)5-12-10-9(11(17)18)4-8(6-13-10)16(19)20/h2-4,6H,5H2,1H3,(H,12,13)(H,17,18). The summed E-state index contributed by atoms with van der Waals surface area (Å²) < 4.78 is 1.61. The normalized spacial score (nSPS) is 10.2. The first-order chi connectivity index (χ1) is 9.47. The third-order valence-corrected chi connectivity index (χ3v) is 2.52. The molecule has 2 N–H and O–H groups in total. The Balaban J connectivity index is 2.22. The molecule has 0 aliphatic rings. The highest BCUT2D eigenvalue weighted by Gasteiger charge is 2.17. The van der Waals surface area contributed by atoms with E-state index in [0.717, 1.165) is 12.3 Å². The summed E-state index contributed by atoms with van der Waals surface area (Å²) in [6.45, 7) is 0.270. The summed E-state index contributed by atoms with van der Waals surface area (Å²) in [7, 11) is 1.76. The molecule has 0 atom stereocenters. The highest BCUT2D eigenvalue weighted by molar-refractivity contribution is 5.93. The fourth-order valence-electron chi connectivity index (χ4n) is 1.59. The Labute approximate surface area is 113 Å². The molecule has 2 aromatic heterocycles. The third-order valence-electron chi connectivity index (χ3n) is 2.52. The molecule has 0 bridgehead atoms. The number of anilines is 1. The minimum absolute atomic E-state index is 0.0637. The number of carboxylic acid groups (broad SMARTS) is 1. The second kappa shape index (κ2) is 5.34. The van der Waals surface area contributed by atoms with Crippen molar-refractivity contribution >= 4 is 17.5 Å². The molecular formula is C11H11N5O4. The van der Waals surface area contributed by atoms with Crippen LogP contribution in [-0.4, -0.2) is 30.8 Å². The summed E-state index contributed by atoms with van der Waals surface area (Å²) in [6.07, 6.45) is 2.76. The number of pyridine rings is 1. The zero-order chi connectivity index (χ0) is 14.7. The van der Waals surface area contributed by atoms with Gasteiger partial charge in [-0.25, -0.2) is 9.78 Å². The number of aryl methyl sites for hydroxylation is 1. The lowest BCUT2D eigenvalue weighted by Crippen LogP contribution is -2.09. The first kappa shape index (κ1) is 13.5. The van der Waals surface area contributed by atoms with E-state index >= 15 is 0 Å². The predicted octanol–water partition coefficient (Wildman–Crippen LogP) is 1.03. The number of nitro groups is 1. The van der Waals surface area contributed by atoms with Crippen LogP contribution in [0, 0.1) is 10.1 Å². The molecule has 0 aliphatic carbocycles. The van der Waals surface area contributed by atoms with E-state index in [0.29, 0.717) is 5.69 Å². The van der Waals surface area contributed by atoms with Crippen LogP contribution in [0.1, 0.15) is 16.1 Å². The summed E-state index contributed by atoms with van der Waals surface area (Å²) in [5.74, 6) is -1.22. The summed E-state index contributed by atoms with van der Waals surface area (Å²) in [5, 5.41) is 26.6. The van der Waals surface area contributed by atoms with E-state index in [-0.39, 0.29) is 23.6 Å². The zero-order valence-corrected chi connectivity index (χ0v) is 10.5. The maximum absolute atomic E-state index is 11.1. The van der Waals surface area contributed by atoms with Gasteiger partial charge in [-0.15, -0.1) is 0 Å². The van der Waals surface area contributed by atoms with Crippen LogP contribution in [0.5, 0.6) is 0 Å². The molecule has 0 amide bonds. The smallest absolute Gasteiger partial charge is 0.339 e. The van der Waals surface area contributed by atoms with Crippen molar-refractivity contribution in [3.05, 3.63) is 45.9 Å². The van der Waals surface area contributed by atoms with Crippen molar-refractivity contribution in [2.75, 3.05) is 5.32 Å². The summed E-state index contributed by atoms with van der Waals surface area (Å²) in [4.78, 5) is 24.8. The van der Waals surface area contributed by atoms with Crippen molar-refractivity contribution < 1.29 is 14.8 Å². The fraction of sp³-hybridized carbons (Fsp3) is 0.182. The van der Waals surface area contributed by atoms with E-state index in [4.69, 9.17) is 5.11 Å². The lowest BCUT2D eigenvalue weighted by molar-refractivity contribution is -0.385. The van der Waals surface area contributed by atoms with Crippen LogP contribution in [0.25, 0.3) is 0 Å². The molecule has 0 radical (unpaired) electrons. The Morgan fingerprint density at radius 1 is 1.60 bits per heavy atom. The second-order valence-electron chi connectivity index (χ2n) is 3.99. The summed E-state index contributed by atoms with van der Waals surface area (Å²) in [5.41, 5.74) is 0.0740. The molecule has 2 heterocycles. The van der Waals surface area contributed by atoms with E-state index in [2.05, 4.69) is 15.4 Å². The van der Waals surface area contributed by atoms with E-state index in [1.807, 2.05) is 0 Å². The average molecular weight is 277 g/mol. The Hall–Kier alpha value is -2.97. The monoisotopic (exact) mass is 277 g/mol. The largest absolute Gasteiger partial charge is 0.478 e. The Kier molecular flexibility index (Phi) is 3.60. The Morgan fingerprint density at radius 3 is 2.90 bits per heavy atom. The van der Waals surface area contributed by atoms with Crippen molar-refractivity contribution in [2.45, 2.75) is 6.54 Å². The molecule has 2 rings (SSSR count). The van der Waals surface area contributed by atoms with Crippen molar-refractivity contribution in [2.24, 2.45) is 7.05 Å². The van der Waals surface area contributed by atoms with Crippen LogP contribution in [0.4, 0.5) is 11.5 Å². The van der Waals surface area contributed by atoms with Crippen LogP contribution in [-0.2, 0) is 13.6 Å². The van der Waals surface area contributed by atoms with Gasteiger partial charge in [-0.1, -0.05) is 0 Å². The Morgan fingerprint density at radius 2 is 2.35 bits per heavy atom. The lowest BCUT2D eigenvalue weighted by atomic mass is 10.2. The van der Waals surface area contributed by atoms with Crippen molar-refractivity contribution in [3.63, 3.8) is 0 Å². The molecule has 2 aromatic rings. The first-order valence-electron chi connectivity index (χ1n) is 5.57. The van der Waals surface area contributed by atoms with E-state index < -0.39 is 10.9 Å². The molecular weight excluding hydrogens is 266 g/mol. The molecule has 0 saturated heterocycles. The number of nitrogens with zero attached hydrogens (tertiary/aromatic N) is 4. The molecule has 0 spiro atoms. The molecule has 104 valence electrons. The topological polar surface area (TPSA) is 123 Å². The van der Waals surface area contributed by atoms with Gasteiger partial charge in [0.2, 0.25) is 0 Å². The molecule has 0 aromatic carbocycles. The van der Waals surface area contributed by atoms with Gasteiger partial charge < -0.3 is 10.4 Å². The highest BCUT2D eigenvalue weighted by Crippen LogP contribution is 2.19. The highest BCUT2D eigenvalue weighted by atomic mass is 16.6. The van der Waals surface area contributed by atoms with Gasteiger partial charge >= 0.3 is 5.97 Å². The fourth-order valence-corrected chi connectivity index (χ4v) is 1.59. The molecule has 20 heavy (non-hydrogen) atoms. The summed E-state index contributed by atoms with van der Waals surface area (Å²) in [6, 6.07) is 2.73. The van der Waals surface area contributed by atoms with Gasteiger partial charge in [0, 0.05) is 19.3 Å². The molecule has 9 heteroatoms. The number of rotatable bonds is 5. The number of carbonyl (C=O) groups is 1. The van der Waals surface area contributed by atoms with Crippen molar-refractivity contribution in [1.82, 2.24) is 14.8 Å². The van der Waals surface area contributed by atoms with Crippen LogP contribution in [0.15, 0.2) is 24.5 Å². The van der Waals surface area contributed by atoms with Gasteiger partial charge in [0.15, 0.2) is 0 Å². The number of hydrogen-bond acceptors (Lipinski definition) is 6. The minimum Gasteiger partial charge on any atom is -0.478 e. The first-order valence-corrected chi connectivity index (χ1v) is 5.57. The quantitative estimate of drug-likeness (QED) is 0.618. The molecule has 9 nitrogen and oxygen atoms in total.